The Morgan fingerprint density at radius 3 is 1.21 bits per heavy atom. The van der Waals surface area contributed by atoms with Crippen molar-refractivity contribution in [2.45, 2.75) is 33.4 Å². The number of phenolic OH excluding ortho intramolecular Hbond substituents is 2. The number of fused-ring (bicyclic) bond motifs is 2. The Hall–Kier alpha value is -5.97. The van der Waals surface area contributed by atoms with Crippen LogP contribution in [-0.4, -0.2) is 59.0 Å². The molecule has 2 amide bonds. The van der Waals surface area contributed by atoms with E-state index in [-0.39, 0.29) is 44.0 Å². The Bertz CT molecular complexity index is 2880. The van der Waals surface area contributed by atoms with Gasteiger partial charge in [-0.15, -0.1) is 0 Å². The van der Waals surface area contributed by atoms with Crippen LogP contribution in [0.1, 0.15) is 11.1 Å². The van der Waals surface area contributed by atoms with Gasteiger partial charge < -0.3 is 20.8 Å². The molecule has 0 radical (unpaired) electrons. The summed E-state index contributed by atoms with van der Waals surface area (Å²) >= 11 is 0. The van der Waals surface area contributed by atoms with Gasteiger partial charge in [-0.05, 0) is 72.1 Å². The first kappa shape index (κ1) is 39.7. The molecule has 0 saturated carbocycles. The molecule has 56 heavy (non-hydrogen) atoms. The summed E-state index contributed by atoms with van der Waals surface area (Å²) in [4.78, 5) is 10.4. The summed E-state index contributed by atoms with van der Waals surface area (Å²) in [5, 5.41) is 27.1. The molecule has 0 spiro atoms. The molecule has 0 aliphatic carbocycles. The lowest BCUT2D eigenvalue weighted by molar-refractivity contribution is 0.262. The standard InChI is InChI=1S/C35H30N4O13S4/c1-19-11-13-23(17-27(19)53(43,44)38-31-29(55(47,48)49)15-21-7-3-5-9-25(21)33(31)40)36-35(42)37-24-14-12-20(2)28(18-24)54(45,46)39-32-30(56(50,51)52)16-22-8-4-6-10-26(22)34(32)41/h3-18,38-41H,1-2H3,(H2,36,37,42)(H,47,48,49)(H,50,51,52). The van der Waals surface area contributed by atoms with Crippen LogP contribution in [0.2, 0.25) is 0 Å². The van der Waals surface area contributed by atoms with Crippen molar-refractivity contribution in [3.8, 4) is 11.5 Å². The Labute approximate surface area is 320 Å². The lowest BCUT2D eigenvalue weighted by Gasteiger charge is -2.17. The maximum absolute atomic E-state index is 13.6. The number of urea groups is 1. The molecule has 6 aromatic carbocycles. The maximum atomic E-state index is 13.6. The van der Waals surface area contributed by atoms with Crippen LogP contribution in [0.15, 0.2) is 117 Å². The first-order valence-electron chi connectivity index (χ1n) is 15.9. The molecule has 0 fully saturated rings. The summed E-state index contributed by atoms with van der Waals surface area (Å²) in [5.74, 6) is -1.54. The van der Waals surface area contributed by atoms with Crippen LogP contribution < -0.4 is 20.1 Å². The monoisotopic (exact) mass is 842 g/mol. The molecule has 0 unspecified atom stereocenters. The molecule has 0 aromatic heterocycles. The fourth-order valence-electron chi connectivity index (χ4n) is 5.82. The SMILES string of the molecule is Cc1ccc(NC(=O)Nc2ccc(C)c(S(=O)(=O)Nc3c(S(=O)(=O)O)cc4ccccc4c3O)c2)cc1S(=O)(=O)Nc1c(S(=O)(=O)O)cc2ccccc2c1O. The smallest absolute Gasteiger partial charge is 0.323 e. The van der Waals surface area contributed by atoms with Crippen molar-refractivity contribution in [2.75, 3.05) is 20.1 Å². The normalized spacial score (nSPS) is 12.4. The van der Waals surface area contributed by atoms with E-state index in [1.54, 1.807) is 12.1 Å². The Morgan fingerprint density at radius 2 is 0.857 bits per heavy atom. The molecule has 292 valence electrons. The van der Waals surface area contributed by atoms with Gasteiger partial charge in [0.1, 0.15) is 32.7 Å². The van der Waals surface area contributed by atoms with Crippen LogP contribution in [0.4, 0.5) is 27.5 Å². The number of amides is 2. The van der Waals surface area contributed by atoms with Gasteiger partial charge in [0, 0.05) is 22.1 Å². The van der Waals surface area contributed by atoms with Crippen LogP contribution in [-0.2, 0) is 40.3 Å². The van der Waals surface area contributed by atoms with Crippen LogP contribution >= 0.6 is 0 Å². The van der Waals surface area contributed by atoms with E-state index in [1.807, 2.05) is 9.44 Å². The van der Waals surface area contributed by atoms with E-state index in [4.69, 9.17) is 0 Å². The van der Waals surface area contributed by atoms with Crippen LogP contribution in [0.5, 0.6) is 11.5 Å². The minimum atomic E-state index is -5.05. The largest absolute Gasteiger partial charge is 0.505 e. The van der Waals surface area contributed by atoms with Gasteiger partial charge in [-0.1, -0.05) is 60.7 Å². The van der Waals surface area contributed by atoms with Crippen molar-refractivity contribution < 1.29 is 57.8 Å². The molecule has 0 heterocycles. The summed E-state index contributed by atoms with van der Waals surface area (Å²) in [5.41, 5.74) is -1.56. The van der Waals surface area contributed by atoms with E-state index in [9.17, 15) is 57.8 Å². The molecule has 21 heteroatoms. The van der Waals surface area contributed by atoms with Gasteiger partial charge in [-0.2, -0.15) is 16.8 Å². The van der Waals surface area contributed by atoms with Gasteiger partial charge in [0.05, 0.1) is 9.79 Å². The highest BCUT2D eigenvalue weighted by atomic mass is 32.2. The second kappa shape index (κ2) is 14.3. The molecule has 8 N–H and O–H groups in total. The van der Waals surface area contributed by atoms with Crippen molar-refractivity contribution in [3.63, 3.8) is 0 Å². The molecule has 17 nitrogen and oxygen atoms in total. The summed E-state index contributed by atoms with van der Waals surface area (Å²) in [6.45, 7) is 2.81. The molecular formula is C35H30N4O13S4. The predicted molar refractivity (Wildman–Crippen MR) is 207 cm³/mol. The molecule has 0 aliphatic heterocycles. The van der Waals surface area contributed by atoms with E-state index in [1.165, 1.54) is 74.5 Å². The van der Waals surface area contributed by atoms with E-state index in [0.717, 1.165) is 24.3 Å². The third kappa shape index (κ3) is 7.89. The van der Waals surface area contributed by atoms with Gasteiger partial charge >= 0.3 is 6.03 Å². The molecule has 0 saturated heterocycles. The fraction of sp³-hybridized carbons (Fsp3) is 0.0571. The zero-order chi connectivity index (χ0) is 41.0. The summed E-state index contributed by atoms with van der Waals surface area (Å²) in [6, 6.07) is 20.2. The van der Waals surface area contributed by atoms with Crippen molar-refractivity contribution in [2.24, 2.45) is 0 Å². The summed E-state index contributed by atoms with van der Waals surface area (Å²) in [6.07, 6.45) is 0. The molecule has 0 aliphatic rings. The second-order valence-electron chi connectivity index (χ2n) is 12.3. The van der Waals surface area contributed by atoms with Gasteiger partial charge in [0.2, 0.25) is 0 Å². The quantitative estimate of drug-likeness (QED) is 0.0602. The van der Waals surface area contributed by atoms with Gasteiger partial charge in [-0.25, -0.2) is 21.6 Å². The highest BCUT2D eigenvalue weighted by Gasteiger charge is 2.29. The van der Waals surface area contributed by atoms with Gasteiger partial charge in [-0.3, -0.25) is 18.5 Å². The number of hydrogen-bond donors (Lipinski definition) is 8. The number of hydrogen-bond acceptors (Lipinski definition) is 11. The second-order valence-corrected chi connectivity index (χ2v) is 18.4. The first-order chi connectivity index (χ1) is 26.1. The third-order valence-electron chi connectivity index (χ3n) is 8.47. The zero-order valence-electron chi connectivity index (χ0n) is 28.8. The average molecular weight is 843 g/mol. The Balaban J connectivity index is 1.26. The Kier molecular flexibility index (Phi) is 10.1. The minimum absolute atomic E-state index is 0.0824. The lowest BCUT2D eigenvalue weighted by atomic mass is 10.1. The first-order valence-corrected chi connectivity index (χ1v) is 21.7. The van der Waals surface area contributed by atoms with Gasteiger partial charge in [0.25, 0.3) is 40.3 Å². The number of aryl methyl sites for hydroxylation is 2. The average Bonchev–Trinajstić information content (AvgIpc) is 3.11. The van der Waals surface area contributed by atoms with Gasteiger partial charge in [0.15, 0.2) is 0 Å². The van der Waals surface area contributed by atoms with Crippen LogP contribution in [0.25, 0.3) is 21.5 Å². The Morgan fingerprint density at radius 1 is 0.500 bits per heavy atom. The number of phenols is 2. The number of rotatable bonds is 10. The minimum Gasteiger partial charge on any atom is -0.505 e. The van der Waals surface area contributed by atoms with Crippen molar-refractivity contribution in [1.29, 1.82) is 0 Å². The predicted octanol–water partition coefficient (Wildman–Crippen LogP) is 5.76. The number of sulfonamides is 2. The number of carbonyl (C=O) groups is 1. The number of nitrogens with one attached hydrogen (secondary N) is 4. The number of carbonyl (C=O) groups excluding carboxylic acids is 1. The topological polar surface area (TPSA) is 283 Å². The summed E-state index contributed by atoms with van der Waals surface area (Å²) in [7, 11) is -19.5. The lowest BCUT2D eigenvalue weighted by Crippen LogP contribution is -2.21. The highest BCUT2D eigenvalue weighted by molar-refractivity contribution is 7.93. The third-order valence-corrected chi connectivity index (χ3v) is 13.2. The van der Waals surface area contributed by atoms with E-state index >= 15 is 0 Å². The van der Waals surface area contributed by atoms with E-state index < -0.39 is 88.8 Å². The molecule has 6 rings (SSSR count). The maximum Gasteiger partial charge on any atom is 0.323 e. The van der Waals surface area contributed by atoms with E-state index in [0.29, 0.717) is 0 Å². The molecule has 0 atom stereocenters. The number of benzene rings is 6. The van der Waals surface area contributed by atoms with Crippen LogP contribution in [0, 0.1) is 13.8 Å². The number of anilines is 4. The molecular weight excluding hydrogens is 813 g/mol. The van der Waals surface area contributed by atoms with Crippen molar-refractivity contribution >= 4 is 90.6 Å². The fourth-order valence-corrected chi connectivity index (χ4v) is 10.0. The molecule has 6 aromatic rings. The highest BCUT2D eigenvalue weighted by Crippen LogP contribution is 2.41. The van der Waals surface area contributed by atoms with Crippen molar-refractivity contribution in [3.05, 3.63) is 108 Å². The molecule has 0 bridgehead atoms. The zero-order valence-corrected chi connectivity index (χ0v) is 32.1. The summed E-state index contributed by atoms with van der Waals surface area (Å²) < 4.78 is 127. The van der Waals surface area contributed by atoms with Crippen molar-refractivity contribution in [1.82, 2.24) is 0 Å². The number of aromatic hydroxyl groups is 2. The van der Waals surface area contributed by atoms with E-state index in [2.05, 4.69) is 10.6 Å². The van der Waals surface area contributed by atoms with Crippen LogP contribution in [0.3, 0.4) is 0 Å².